The number of carbonyl (C=O) groups excluding carboxylic acids is 1. The van der Waals surface area contributed by atoms with Gasteiger partial charge in [-0.2, -0.15) is 0 Å². The standard InChI is InChI=1S/C20H20N3O9P/c21-9-12-4-1-2-6-14(12)19(26)30-7-3-5-13-10-23(20(27)22-18(13)25)17-8-15(24)16(32-17)11-31-33(28)29/h1-2,4,6,10,15-17,24H,7-9,11,21H2,(H,22,25,27). The topological polar surface area (TPSA) is 186 Å². The smallest absolute Gasteiger partial charge is 0.488 e. The molecule has 0 amide bonds. The van der Waals surface area contributed by atoms with Gasteiger partial charge in [-0.3, -0.25) is 14.3 Å². The zero-order valence-corrected chi connectivity index (χ0v) is 18.0. The van der Waals surface area contributed by atoms with Gasteiger partial charge in [0.15, 0.2) is 6.61 Å². The molecule has 1 aliphatic rings. The number of nitrogens with zero attached hydrogens (tertiary/aromatic N) is 1. The first-order valence-corrected chi connectivity index (χ1v) is 10.8. The molecule has 0 aliphatic carbocycles. The van der Waals surface area contributed by atoms with Crippen molar-refractivity contribution in [1.82, 2.24) is 9.55 Å². The molecule has 33 heavy (non-hydrogen) atoms. The van der Waals surface area contributed by atoms with E-state index in [1.54, 1.807) is 24.3 Å². The Morgan fingerprint density at radius 3 is 2.88 bits per heavy atom. The van der Waals surface area contributed by atoms with Crippen LogP contribution in [0.2, 0.25) is 0 Å². The summed E-state index contributed by atoms with van der Waals surface area (Å²) >= 11 is 0. The van der Waals surface area contributed by atoms with Crippen LogP contribution < -0.4 is 21.9 Å². The van der Waals surface area contributed by atoms with E-state index in [0.29, 0.717) is 11.1 Å². The van der Waals surface area contributed by atoms with Crippen molar-refractivity contribution in [3.8, 4) is 11.8 Å². The van der Waals surface area contributed by atoms with Crippen molar-refractivity contribution in [1.29, 1.82) is 0 Å². The average molecular weight is 477 g/mol. The summed E-state index contributed by atoms with van der Waals surface area (Å²) < 4.78 is 26.6. The first-order chi connectivity index (χ1) is 15.8. The summed E-state index contributed by atoms with van der Waals surface area (Å²) in [5.41, 5.74) is 4.86. The predicted octanol–water partition coefficient (Wildman–Crippen LogP) is -1.11. The van der Waals surface area contributed by atoms with Crippen LogP contribution >= 0.6 is 8.25 Å². The maximum atomic E-state index is 12.2. The zero-order valence-electron chi connectivity index (χ0n) is 17.1. The fourth-order valence-electron chi connectivity index (χ4n) is 3.17. The molecule has 4 atom stereocenters. The Bertz CT molecular complexity index is 1210. The van der Waals surface area contributed by atoms with Crippen molar-refractivity contribution in [2.45, 2.75) is 31.4 Å². The third-order valence-electron chi connectivity index (χ3n) is 4.78. The van der Waals surface area contributed by atoms with E-state index < -0.39 is 50.5 Å². The number of benzene rings is 1. The highest BCUT2D eigenvalue weighted by Gasteiger charge is 2.37. The Balaban J connectivity index is 1.69. The second-order valence-corrected chi connectivity index (χ2v) is 7.61. The molecule has 1 fully saturated rings. The van der Waals surface area contributed by atoms with Gasteiger partial charge < -0.3 is 25.2 Å². The van der Waals surface area contributed by atoms with Crippen LogP contribution in [0, 0.1) is 11.8 Å². The maximum Gasteiger partial charge on any atom is 0.488 e. The van der Waals surface area contributed by atoms with Gasteiger partial charge in [0, 0.05) is 19.2 Å². The van der Waals surface area contributed by atoms with Gasteiger partial charge in [0.05, 0.1) is 11.7 Å². The van der Waals surface area contributed by atoms with E-state index in [4.69, 9.17) is 15.2 Å². The van der Waals surface area contributed by atoms with Gasteiger partial charge in [-0.05, 0) is 16.2 Å². The Morgan fingerprint density at radius 1 is 1.39 bits per heavy atom. The van der Waals surface area contributed by atoms with E-state index in [2.05, 4.69) is 21.3 Å². The molecule has 13 heteroatoms. The van der Waals surface area contributed by atoms with Crippen molar-refractivity contribution in [3.63, 3.8) is 0 Å². The van der Waals surface area contributed by atoms with Gasteiger partial charge in [0.25, 0.3) is 5.56 Å². The molecule has 4 unspecified atom stereocenters. The Labute approximate surface area is 187 Å². The zero-order chi connectivity index (χ0) is 24.0. The highest BCUT2D eigenvalue weighted by Crippen LogP contribution is 2.29. The van der Waals surface area contributed by atoms with Crippen LogP contribution in [0.4, 0.5) is 0 Å². The molecule has 4 N–H and O–H groups in total. The van der Waals surface area contributed by atoms with Gasteiger partial charge >= 0.3 is 19.9 Å². The number of carbonyl (C=O) groups is 1. The number of H-pyrrole nitrogens is 1. The van der Waals surface area contributed by atoms with Crippen LogP contribution in [0.1, 0.15) is 34.1 Å². The number of aliphatic hydroxyl groups excluding tert-OH is 1. The number of hydrogen-bond donors (Lipinski definition) is 3. The van der Waals surface area contributed by atoms with Crippen LogP contribution in [0.3, 0.4) is 0 Å². The van der Waals surface area contributed by atoms with E-state index in [-0.39, 0.29) is 25.1 Å². The van der Waals surface area contributed by atoms with E-state index in [0.717, 1.165) is 10.8 Å². The quantitative estimate of drug-likeness (QED) is 0.251. The molecule has 3 rings (SSSR count). The highest BCUT2D eigenvalue weighted by molar-refractivity contribution is 7.30. The van der Waals surface area contributed by atoms with Crippen molar-refractivity contribution >= 4 is 14.2 Å². The summed E-state index contributed by atoms with van der Waals surface area (Å²) in [7, 11) is -3.12. The van der Waals surface area contributed by atoms with E-state index in [1.165, 1.54) is 0 Å². The number of esters is 1. The maximum absolute atomic E-state index is 12.2. The first-order valence-electron chi connectivity index (χ1n) is 9.70. The van der Waals surface area contributed by atoms with Crippen LogP contribution in [0.15, 0.2) is 40.1 Å². The summed E-state index contributed by atoms with van der Waals surface area (Å²) in [5, 5.41) is 10.0. The Morgan fingerprint density at radius 2 is 2.15 bits per heavy atom. The number of aromatic amines is 1. The summed E-state index contributed by atoms with van der Waals surface area (Å²) in [6.45, 7) is -0.574. The number of hydrogen-bond acceptors (Lipinski definition) is 10. The molecular formula is C20H20N3O9P. The lowest BCUT2D eigenvalue weighted by Crippen LogP contribution is -2.33. The second-order valence-electron chi connectivity index (χ2n) is 6.90. The highest BCUT2D eigenvalue weighted by atomic mass is 31.1. The molecule has 2 aromatic rings. The predicted molar refractivity (Wildman–Crippen MR) is 111 cm³/mol. The minimum Gasteiger partial charge on any atom is -0.566 e. The molecule has 0 bridgehead atoms. The summed E-state index contributed by atoms with van der Waals surface area (Å²) in [6.07, 6.45) is -1.94. The average Bonchev–Trinajstić information content (AvgIpc) is 3.16. The third-order valence-corrected chi connectivity index (χ3v) is 5.14. The van der Waals surface area contributed by atoms with Gasteiger partial charge in [-0.15, -0.1) is 4.52 Å². The minimum absolute atomic E-state index is 0.0410. The Hall–Kier alpha value is -3.17. The molecule has 0 saturated carbocycles. The second kappa shape index (κ2) is 11.1. The van der Waals surface area contributed by atoms with E-state index in [1.807, 2.05) is 0 Å². The SMILES string of the molecule is NCc1ccccc1C(=O)OCC#Cc1cn(C2CC(O)C(CO[P+](=O)[O-])O2)c(=O)[nH]c1=O. The lowest BCUT2D eigenvalue weighted by molar-refractivity contribution is -0.189. The first kappa shape index (κ1) is 24.5. The van der Waals surface area contributed by atoms with Crippen molar-refractivity contribution in [2.24, 2.45) is 5.73 Å². The molecule has 0 radical (unpaired) electrons. The fourth-order valence-corrected chi connectivity index (χ4v) is 3.44. The summed E-state index contributed by atoms with van der Waals surface area (Å²) in [4.78, 5) is 49.1. The number of aliphatic hydroxyl groups is 1. The molecular weight excluding hydrogens is 457 g/mol. The number of nitrogens with one attached hydrogen (secondary N) is 1. The van der Waals surface area contributed by atoms with Gasteiger partial charge in [0.2, 0.25) is 0 Å². The molecule has 12 nitrogen and oxygen atoms in total. The van der Waals surface area contributed by atoms with Crippen molar-refractivity contribution in [3.05, 3.63) is 68.0 Å². The summed E-state index contributed by atoms with van der Waals surface area (Å²) in [5.74, 6) is 4.44. The van der Waals surface area contributed by atoms with E-state index in [9.17, 15) is 28.9 Å². The minimum atomic E-state index is -3.12. The van der Waals surface area contributed by atoms with Crippen molar-refractivity contribution < 1.29 is 33.4 Å². The molecule has 174 valence electrons. The number of nitrogens with two attached hydrogens (primary N) is 1. The van der Waals surface area contributed by atoms with Crippen LogP contribution in [0.25, 0.3) is 0 Å². The van der Waals surface area contributed by atoms with E-state index >= 15 is 0 Å². The summed E-state index contributed by atoms with van der Waals surface area (Å²) in [6, 6.07) is 6.68. The van der Waals surface area contributed by atoms with Gasteiger partial charge in [-0.25, -0.2) is 9.59 Å². The van der Waals surface area contributed by atoms with Crippen molar-refractivity contribution in [2.75, 3.05) is 13.2 Å². The lowest BCUT2D eigenvalue weighted by Gasteiger charge is -2.14. The normalized spacial score (nSPS) is 20.1. The number of rotatable bonds is 7. The van der Waals surface area contributed by atoms with Gasteiger partial charge in [0.1, 0.15) is 24.5 Å². The monoisotopic (exact) mass is 477 g/mol. The number of ether oxygens (including phenoxy) is 2. The molecule has 2 heterocycles. The largest absolute Gasteiger partial charge is 0.566 e. The van der Waals surface area contributed by atoms with Crippen LogP contribution in [0.5, 0.6) is 0 Å². The number of aromatic nitrogens is 2. The molecule has 1 aliphatic heterocycles. The fraction of sp³-hybridized carbons (Fsp3) is 0.350. The lowest BCUT2D eigenvalue weighted by atomic mass is 10.1. The molecule has 1 saturated heterocycles. The third kappa shape index (κ3) is 6.21. The van der Waals surface area contributed by atoms with Crippen LogP contribution in [-0.2, 0) is 25.1 Å². The molecule has 1 aromatic carbocycles. The Kier molecular flexibility index (Phi) is 8.24. The molecule has 1 aromatic heterocycles. The van der Waals surface area contributed by atoms with Crippen LogP contribution in [-0.4, -0.2) is 46.0 Å². The van der Waals surface area contributed by atoms with Gasteiger partial charge in [-0.1, -0.05) is 30.0 Å². The molecule has 0 spiro atoms.